The molecule has 0 aromatic heterocycles. The first kappa shape index (κ1) is 51.1. The molecule has 16 rings (SSSR count). The average molecular weight is 1110 g/mol. The summed E-state index contributed by atoms with van der Waals surface area (Å²) in [6.07, 6.45) is 0. The largest absolute Gasteiger partial charge is 0.310 e. The molecular weight excluding hydrogens is 1050 g/mol. The number of nitrogens with zero attached hydrogens (tertiary/aromatic N) is 3. The molecule has 0 saturated carbocycles. The maximum absolute atomic E-state index is 2.41. The molecular formula is C84H57N3. The molecule has 87 heavy (non-hydrogen) atoms. The number of benzene rings is 16. The van der Waals surface area contributed by atoms with Gasteiger partial charge in [-0.3, -0.25) is 0 Å². The van der Waals surface area contributed by atoms with E-state index < -0.39 is 0 Å². The Hall–Kier alpha value is -11.5. The summed E-state index contributed by atoms with van der Waals surface area (Å²) in [4.78, 5) is 7.22. The van der Waals surface area contributed by atoms with Crippen LogP contribution in [0.1, 0.15) is 0 Å². The highest BCUT2D eigenvalue weighted by molar-refractivity contribution is 6.04. The van der Waals surface area contributed by atoms with Crippen LogP contribution in [0.2, 0.25) is 0 Å². The van der Waals surface area contributed by atoms with E-state index in [2.05, 4.69) is 360 Å². The van der Waals surface area contributed by atoms with Crippen molar-refractivity contribution in [1.82, 2.24) is 0 Å². The van der Waals surface area contributed by atoms with Crippen molar-refractivity contribution in [3.8, 4) is 33.4 Å². The fourth-order valence-corrected chi connectivity index (χ4v) is 13.0. The zero-order valence-electron chi connectivity index (χ0n) is 47.8. The average Bonchev–Trinajstić information content (AvgIpc) is 2.14. The van der Waals surface area contributed by atoms with Crippen LogP contribution in [0.3, 0.4) is 0 Å². The molecule has 0 unspecified atom stereocenters. The Kier molecular flexibility index (Phi) is 12.9. The van der Waals surface area contributed by atoms with Gasteiger partial charge in [0.2, 0.25) is 0 Å². The molecule has 0 aliphatic carbocycles. The SMILES string of the molecule is c1ccc2cc(N(c3ccc(-c4cc(-c5ccc(N(c6ccc7ccccc7c6)c6cccc7ccccc67)cc5)cc(-c5ccc(N(c6ccc7ccccc7c6)c6cccc7ccccc67)cc5)c4)cc3)c3cccc4ccccc34)ccc2c1. The van der Waals surface area contributed by atoms with E-state index in [4.69, 9.17) is 0 Å². The lowest BCUT2D eigenvalue weighted by atomic mass is 9.93. The minimum absolute atomic E-state index is 1.08. The quantitative estimate of drug-likeness (QED) is 0.121. The summed E-state index contributed by atoms with van der Waals surface area (Å²) in [6.45, 7) is 0. The predicted octanol–water partition coefficient (Wildman–Crippen LogP) is 24.0. The molecule has 0 spiro atoms. The summed E-state index contributed by atoms with van der Waals surface area (Å²) in [6, 6.07) is 127. The van der Waals surface area contributed by atoms with Gasteiger partial charge < -0.3 is 14.7 Å². The first-order chi connectivity index (χ1) is 43.1. The Bertz CT molecular complexity index is 4690. The smallest absolute Gasteiger partial charge is 0.0540 e. The lowest BCUT2D eigenvalue weighted by molar-refractivity contribution is 1.30. The summed E-state index contributed by atoms with van der Waals surface area (Å²) in [5, 5.41) is 14.4. The van der Waals surface area contributed by atoms with Gasteiger partial charge in [0, 0.05) is 50.3 Å². The Morgan fingerprint density at radius 1 is 0.138 bits per heavy atom. The maximum atomic E-state index is 2.41. The molecule has 16 aromatic rings. The molecule has 3 nitrogen and oxygen atoms in total. The number of fused-ring (bicyclic) bond motifs is 6. The Labute approximate surface area is 506 Å². The van der Waals surface area contributed by atoms with Crippen LogP contribution in [0.25, 0.3) is 98.0 Å². The van der Waals surface area contributed by atoms with Crippen molar-refractivity contribution in [3.05, 3.63) is 346 Å². The van der Waals surface area contributed by atoms with E-state index in [0.29, 0.717) is 0 Å². The standard InChI is InChI=1S/C84H57N3/c1-4-22-67-55-76(49-40-58(67)16-1)85(82-31-13-25-64-19-7-10-28-79(64)82)73-43-34-61(35-44-73)70-52-71(62-36-45-74(46-37-62)86(77-50-41-59-17-2-5-23-68(59)56-77)83-32-14-26-65-20-8-11-29-80(65)83)54-72(53-70)63-38-47-75(48-39-63)87(78-51-42-60-18-3-6-24-69(60)57-78)84-33-15-27-66-21-9-12-30-81(66)84/h1-57H. The first-order valence-corrected chi connectivity index (χ1v) is 29.9. The third kappa shape index (κ3) is 9.64. The number of anilines is 9. The van der Waals surface area contributed by atoms with E-state index in [9.17, 15) is 0 Å². The monoisotopic (exact) mass is 1110 g/mol. The van der Waals surface area contributed by atoms with Gasteiger partial charge in [-0.15, -0.1) is 0 Å². The summed E-state index contributed by atoms with van der Waals surface area (Å²) < 4.78 is 0. The van der Waals surface area contributed by atoms with Gasteiger partial charge in [-0.2, -0.15) is 0 Å². The fourth-order valence-electron chi connectivity index (χ4n) is 13.0. The molecule has 0 aliphatic rings. The van der Waals surface area contributed by atoms with Crippen LogP contribution in [0.5, 0.6) is 0 Å². The molecule has 0 amide bonds. The Morgan fingerprint density at radius 3 is 0.655 bits per heavy atom. The molecule has 0 heterocycles. The van der Waals surface area contributed by atoms with Crippen LogP contribution in [0.4, 0.5) is 51.2 Å². The zero-order chi connectivity index (χ0) is 57.6. The van der Waals surface area contributed by atoms with E-state index in [0.717, 1.165) is 84.6 Å². The van der Waals surface area contributed by atoms with Crippen molar-refractivity contribution >= 4 is 116 Å². The van der Waals surface area contributed by atoms with E-state index in [1.165, 1.54) is 64.6 Å². The van der Waals surface area contributed by atoms with E-state index in [1.54, 1.807) is 0 Å². The molecule has 0 fully saturated rings. The van der Waals surface area contributed by atoms with Crippen molar-refractivity contribution in [2.75, 3.05) is 14.7 Å². The number of hydrogen-bond donors (Lipinski definition) is 0. The second-order valence-corrected chi connectivity index (χ2v) is 22.5. The van der Waals surface area contributed by atoms with Crippen molar-refractivity contribution in [2.24, 2.45) is 0 Å². The third-order valence-corrected chi connectivity index (χ3v) is 17.3. The van der Waals surface area contributed by atoms with Gasteiger partial charge in [0.25, 0.3) is 0 Å². The highest BCUT2D eigenvalue weighted by Crippen LogP contribution is 2.45. The summed E-state index contributed by atoms with van der Waals surface area (Å²) in [5.74, 6) is 0. The van der Waals surface area contributed by atoms with Crippen molar-refractivity contribution in [1.29, 1.82) is 0 Å². The minimum atomic E-state index is 1.08. The van der Waals surface area contributed by atoms with Gasteiger partial charge in [-0.25, -0.2) is 0 Å². The minimum Gasteiger partial charge on any atom is -0.310 e. The highest BCUT2D eigenvalue weighted by atomic mass is 15.2. The van der Waals surface area contributed by atoms with Gasteiger partial charge in [0.05, 0.1) is 17.1 Å². The lowest BCUT2D eigenvalue weighted by Gasteiger charge is -2.28. The molecule has 0 radical (unpaired) electrons. The first-order valence-electron chi connectivity index (χ1n) is 29.9. The normalized spacial score (nSPS) is 11.4. The van der Waals surface area contributed by atoms with E-state index >= 15 is 0 Å². The third-order valence-electron chi connectivity index (χ3n) is 17.3. The van der Waals surface area contributed by atoms with Crippen LogP contribution in [0.15, 0.2) is 346 Å². The van der Waals surface area contributed by atoms with Crippen LogP contribution in [-0.4, -0.2) is 0 Å². The van der Waals surface area contributed by atoms with Crippen LogP contribution in [-0.2, 0) is 0 Å². The summed E-state index contributed by atoms with van der Waals surface area (Å²) >= 11 is 0. The van der Waals surface area contributed by atoms with Crippen molar-refractivity contribution in [2.45, 2.75) is 0 Å². The van der Waals surface area contributed by atoms with Crippen LogP contribution < -0.4 is 14.7 Å². The predicted molar refractivity (Wildman–Crippen MR) is 372 cm³/mol. The van der Waals surface area contributed by atoms with E-state index in [1.807, 2.05) is 0 Å². The molecule has 0 saturated heterocycles. The second-order valence-electron chi connectivity index (χ2n) is 22.5. The molecule has 0 atom stereocenters. The molecule has 0 N–H and O–H groups in total. The topological polar surface area (TPSA) is 9.72 Å². The zero-order valence-corrected chi connectivity index (χ0v) is 47.8. The Balaban J connectivity index is 0.829. The van der Waals surface area contributed by atoms with Gasteiger partial charge in [0.1, 0.15) is 0 Å². The van der Waals surface area contributed by atoms with Gasteiger partial charge in [-0.05, 0) is 191 Å². The second kappa shape index (κ2) is 21.9. The molecule has 0 bridgehead atoms. The number of rotatable bonds is 12. The molecule has 16 aromatic carbocycles. The van der Waals surface area contributed by atoms with E-state index in [-0.39, 0.29) is 0 Å². The van der Waals surface area contributed by atoms with Crippen LogP contribution >= 0.6 is 0 Å². The number of hydrogen-bond acceptors (Lipinski definition) is 3. The fraction of sp³-hybridized carbons (Fsp3) is 0. The lowest BCUT2D eigenvalue weighted by Crippen LogP contribution is -2.10. The summed E-state index contributed by atoms with van der Waals surface area (Å²) in [5.41, 5.74) is 16.7. The summed E-state index contributed by atoms with van der Waals surface area (Å²) in [7, 11) is 0. The molecule has 0 aliphatic heterocycles. The Morgan fingerprint density at radius 2 is 0.368 bits per heavy atom. The highest BCUT2D eigenvalue weighted by Gasteiger charge is 2.21. The van der Waals surface area contributed by atoms with Gasteiger partial charge >= 0.3 is 0 Å². The van der Waals surface area contributed by atoms with Crippen molar-refractivity contribution < 1.29 is 0 Å². The van der Waals surface area contributed by atoms with Crippen LogP contribution in [0, 0.1) is 0 Å². The van der Waals surface area contributed by atoms with Crippen molar-refractivity contribution in [3.63, 3.8) is 0 Å². The maximum Gasteiger partial charge on any atom is 0.0540 e. The molecule has 3 heteroatoms. The molecule has 408 valence electrons. The van der Waals surface area contributed by atoms with Gasteiger partial charge in [-0.1, -0.05) is 237 Å². The van der Waals surface area contributed by atoms with Gasteiger partial charge in [0.15, 0.2) is 0 Å².